The van der Waals surface area contributed by atoms with Gasteiger partial charge in [0, 0.05) is 17.2 Å². The van der Waals surface area contributed by atoms with Gasteiger partial charge in [-0.2, -0.15) is 0 Å². The second kappa shape index (κ2) is 6.48. The van der Waals surface area contributed by atoms with Crippen molar-refractivity contribution in [3.63, 3.8) is 0 Å². The minimum absolute atomic E-state index is 0.0885. The summed E-state index contributed by atoms with van der Waals surface area (Å²) in [5.41, 5.74) is 3.17. The molecule has 0 aliphatic carbocycles. The Balaban J connectivity index is 1.75. The van der Waals surface area contributed by atoms with Gasteiger partial charge < -0.3 is 9.73 Å². The van der Waals surface area contributed by atoms with E-state index in [0.717, 1.165) is 5.75 Å². The zero-order chi connectivity index (χ0) is 13.7. The third-order valence-corrected chi connectivity index (χ3v) is 3.91. The summed E-state index contributed by atoms with van der Waals surface area (Å²) < 4.78 is 4.87. The zero-order valence-electron chi connectivity index (χ0n) is 11.1. The maximum atomic E-state index is 11.6. The fraction of sp³-hybridized carbons (Fsp3) is 0.267. The lowest BCUT2D eigenvalue weighted by atomic mass is 10.1. The molecule has 0 unspecified atom stereocenters. The van der Waals surface area contributed by atoms with E-state index in [1.165, 1.54) is 28.5 Å². The Hall–Kier alpha value is -1.68. The predicted octanol–water partition coefficient (Wildman–Crippen LogP) is 3.42. The van der Waals surface area contributed by atoms with Gasteiger partial charge in [0.1, 0.15) is 6.26 Å². The second-order valence-electron chi connectivity index (χ2n) is 4.36. The number of carbonyl (C=O) groups is 1. The van der Waals surface area contributed by atoms with Gasteiger partial charge in [0.2, 0.25) is 0 Å². The molecule has 1 aromatic carbocycles. The third-order valence-electron chi connectivity index (χ3n) is 2.92. The van der Waals surface area contributed by atoms with Gasteiger partial charge in [0.05, 0.1) is 11.8 Å². The summed E-state index contributed by atoms with van der Waals surface area (Å²) in [5, 5.41) is 2.86. The first-order valence-corrected chi connectivity index (χ1v) is 7.16. The van der Waals surface area contributed by atoms with E-state index >= 15 is 0 Å². The lowest BCUT2D eigenvalue weighted by Gasteiger charge is -2.06. The molecular weight excluding hydrogens is 258 g/mol. The number of aryl methyl sites for hydroxylation is 2. The minimum atomic E-state index is -0.0885. The number of thioether (sulfide) groups is 1. The molecule has 0 radical (unpaired) electrons. The van der Waals surface area contributed by atoms with Crippen molar-refractivity contribution >= 4 is 17.7 Å². The summed E-state index contributed by atoms with van der Waals surface area (Å²) in [6.07, 6.45) is 2.95. The van der Waals surface area contributed by atoms with Crippen molar-refractivity contribution in [2.24, 2.45) is 0 Å². The second-order valence-corrected chi connectivity index (χ2v) is 5.53. The van der Waals surface area contributed by atoms with E-state index in [2.05, 4.69) is 37.4 Å². The average Bonchev–Trinajstić information content (AvgIpc) is 2.92. The van der Waals surface area contributed by atoms with Crippen LogP contribution in [0.2, 0.25) is 0 Å². The average molecular weight is 275 g/mol. The number of hydrogen-bond donors (Lipinski definition) is 1. The molecule has 0 atom stereocenters. The van der Waals surface area contributed by atoms with Crippen LogP contribution in [0.4, 0.5) is 0 Å². The first-order valence-electron chi connectivity index (χ1n) is 6.17. The molecule has 19 heavy (non-hydrogen) atoms. The van der Waals surface area contributed by atoms with E-state index in [0.29, 0.717) is 12.1 Å². The van der Waals surface area contributed by atoms with Gasteiger partial charge in [0.25, 0.3) is 5.91 Å². The van der Waals surface area contributed by atoms with E-state index in [4.69, 9.17) is 4.42 Å². The Bertz CT molecular complexity index is 549. The Morgan fingerprint density at radius 3 is 2.79 bits per heavy atom. The van der Waals surface area contributed by atoms with Gasteiger partial charge in [-0.25, -0.2) is 0 Å². The smallest absolute Gasteiger partial charge is 0.254 e. The molecular formula is C15H17NO2S. The molecule has 0 saturated heterocycles. The molecule has 3 nitrogen and oxygen atoms in total. The Labute approximate surface area is 117 Å². The largest absolute Gasteiger partial charge is 0.472 e. The molecule has 0 aliphatic heterocycles. The molecule has 2 aromatic rings. The Kier molecular flexibility index (Phi) is 4.68. The lowest BCUT2D eigenvalue weighted by Crippen LogP contribution is -2.25. The number of hydrogen-bond acceptors (Lipinski definition) is 3. The number of carbonyl (C=O) groups excluding carboxylic acids is 1. The first-order chi connectivity index (χ1) is 9.16. The molecule has 0 fully saturated rings. The highest BCUT2D eigenvalue weighted by molar-refractivity contribution is 7.99. The maximum Gasteiger partial charge on any atom is 0.254 e. The fourth-order valence-electron chi connectivity index (χ4n) is 1.63. The molecule has 0 saturated carbocycles. The van der Waals surface area contributed by atoms with Crippen molar-refractivity contribution in [2.45, 2.75) is 18.7 Å². The van der Waals surface area contributed by atoms with Gasteiger partial charge in [-0.1, -0.05) is 6.07 Å². The summed E-state index contributed by atoms with van der Waals surface area (Å²) >= 11 is 1.74. The van der Waals surface area contributed by atoms with Crippen LogP contribution in [0.3, 0.4) is 0 Å². The van der Waals surface area contributed by atoms with Crippen LogP contribution >= 0.6 is 11.8 Å². The molecule has 2 rings (SSSR count). The van der Waals surface area contributed by atoms with Crippen LogP contribution in [0.15, 0.2) is 46.1 Å². The summed E-state index contributed by atoms with van der Waals surface area (Å²) in [5.74, 6) is 0.765. The Morgan fingerprint density at radius 1 is 1.26 bits per heavy atom. The highest BCUT2D eigenvalue weighted by Gasteiger charge is 2.05. The van der Waals surface area contributed by atoms with E-state index in [1.54, 1.807) is 17.8 Å². The van der Waals surface area contributed by atoms with E-state index < -0.39 is 0 Å². The summed E-state index contributed by atoms with van der Waals surface area (Å²) in [6, 6.07) is 8.08. The van der Waals surface area contributed by atoms with Gasteiger partial charge in [0.15, 0.2) is 0 Å². The number of furan rings is 1. The molecule has 1 aromatic heterocycles. The van der Waals surface area contributed by atoms with Crippen molar-refractivity contribution in [1.82, 2.24) is 5.32 Å². The predicted molar refractivity (Wildman–Crippen MR) is 77.7 cm³/mol. The maximum absolute atomic E-state index is 11.6. The van der Waals surface area contributed by atoms with E-state index in [9.17, 15) is 4.79 Å². The van der Waals surface area contributed by atoms with Gasteiger partial charge in [-0.15, -0.1) is 11.8 Å². The summed E-state index contributed by atoms with van der Waals surface area (Å²) in [4.78, 5) is 12.9. The van der Waals surface area contributed by atoms with Crippen LogP contribution in [0.5, 0.6) is 0 Å². The number of amides is 1. The van der Waals surface area contributed by atoms with Crippen molar-refractivity contribution in [2.75, 3.05) is 12.3 Å². The lowest BCUT2D eigenvalue weighted by molar-refractivity contribution is 0.0955. The van der Waals surface area contributed by atoms with E-state index in [1.807, 2.05) is 0 Å². The third kappa shape index (κ3) is 3.89. The van der Waals surface area contributed by atoms with Crippen molar-refractivity contribution < 1.29 is 9.21 Å². The van der Waals surface area contributed by atoms with Crippen LogP contribution in [-0.2, 0) is 0 Å². The first kappa shape index (κ1) is 13.7. The van der Waals surface area contributed by atoms with Crippen molar-refractivity contribution in [1.29, 1.82) is 0 Å². The van der Waals surface area contributed by atoms with Gasteiger partial charge in [-0.05, 0) is 43.2 Å². The molecule has 1 heterocycles. The number of nitrogens with one attached hydrogen (secondary N) is 1. The van der Waals surface area contributed by atoms with Gasteiger partial charge in [-0.3, -0.25) is 4.79 Å². The normalized spacial score (nSPS) is 10.4. The number of rotatable bonds is 5. The minimum Gasteiger partial charge on any atom is -0.472 e. The molecule has 0 bridgehead atoms. The quantitative estimate of drug-likeness (QED) is 0.671. The summed E-state index contributed by atoms with van der Waals surface area (Å²) in [7, 11) is 0. The van der Waals surface area contributed by atoms with Crippen LogP contribution in [0.25, 0.3) is 0 Å². The van der Waals surface area contributed by atoms with Crippen LogP contribution in [0, 0.1) is 13.8 Å². The molecule has 1 N–H and O–H groups in total. The highest BCUT2D eigenvalue weighted by atomic mass is 32.2. The summed E-state index contributed by atoms with van der Waals surface area (Å²) in [6.45, 7) is 4.86. The van der Waals surface area contributed by atoms with Crippen LogP contribution < -0.4 is 5.32 Å². The zero-order valence-corrected chi connectivity index (χ0v) is 11.9. The molecule has 1 amide bonds. The monoisotopic (exact) mass is 275 g/mol. The number of benzene rings is 1. The fourth-order valence-corrected chi connectivity index (χ4v) is 2.50. The van der Waals surface area contributed by atoms with Crippen LogP contribution in [0.1, 0.15) is 21.5 Å². The van der Waals surface area contributed by atoms with Crippen molar-refractivity contribution in [3.8, 4) is 0 Å². The Morgan fingerprint density at radius 2 is 2.11 bits per heavy atom. The SMILES string of the molecule is Cc1ccc(SCCNC(=O)c2ccoc2)cc1C. The molecule has 0 spiro atoms. The highest BCUT2D eigenvalue weighted by Crippen LogP contribution is 2.20. The molecule has 100 valence electrons. The van der Waals surface area contributed by atoms with Gasteiger partial charge >= 0.3 is 0 Å². The van der Waals surface area contributed by atoms with Crippen molar-refractivity contribution in [3.05, 3.63) is 53.5 Å². The standard InChI is InChI=1S/C15H17NO2S/c1-11-3-4-14(9-12(11)2)19-8-6-16-15(17)13-5-7-18-10-13/h3-5,7,9-10H,6,8H2,1-2H3,(H,16,17). The molecule has 4 heteroatoms. The topological polar surface area (TPSA) is 42.2 Å². The van der Waals surface area contributed by atoms with Crippen LogP contribution in [-0.4, -0.2) is 18.2 Å². The van der Waals surface area contributed by atoms with E-state index in [-0.39, 0.29) is 5.91 Å². The molecule has 0 aliphatic rings.